The first-order chi connectivity index (χ1) is 9.66. The molecule has 0 unspecified atom stereocenters. The zero-order valence-electron chi connectivity index (χ0n) is 11.5. The van der Waals surface area contributed by atoms with Gasteiger partial charge in [0.2, 0.25) is 0 Å². The van der Waals surface area contributed by atoms with Gasteiger partial charge in [-0.15, -0.1) is 0 Å². The summed E-state index contributed by atoms with van der Waals surface area (Å²) >= 11 is 0. The third kappa shape index (κ3) is 2.07. The van der Waals surface area contributed by atoms with Gasteiger partial charge in [-0.3, -0.25) is 0 Å². The van der Waals surface area contributed by atoms with Crippen LogP contribution in [0.25, 0.3) is 16.9 Å². The van der Waals surface area contributed by atoms with Crippen LogP contribution in [-0.4, -0.2) is 14.9 Å². The van der Waals surface area contributed by atoms with E-state index in [2.05, 4.69) is 5.10 Å². The molecule has 3 heteroatoms. The standard InChI is InChI=1S/C17H16N2O/c1-12-7-9-14(10-8-12)19-17(16(20)11-18-19)15-6-4-3-5-13(15)2/h3-11,20H,1-2H3. The van der Waals surface area contributed by atoms with Crippen molar-refractivity contribution in [2.45, 2.75) is 13.8 Å². The Morgan fingerprint density at radius 1 is 0.950 bits per heavy atom. The Kier molecular flexibility index (Phi) is 3.03. The molecule has 100 valence electrons. The quantitative estimate of drug-likeness (QED) is 0.763. The van der Waals surface area contributed by atoms with Gasteiger partial charge >= 0.3 is 0 Å². The third-order valence-corrected chi connectivity index (χ3v) is 3.43. The molecular weight excluding hydrogens is 248 g/mol. The largest absolute Gasteiger partial charge is 0.504 e. The molecule has 3 aromatic rings. The van der Waals surface area contributed by atoms with Crippen LogP contribution in [0.3, 0.4) is 0 Å². The molecule has 0 aliphatic rings. The molecule has 0 bridgehead atoms. The fraction of sp³-hybridized carbons (Fsp3) is 0.118. The van der Waals surface area contributed by atoms with E-state index >= 15 is 0 Å². The van der Waals surface area contributed by atoms with E-state index < -0.39 is 0 Å². The molecule has 0 saturated carbocycles. The van der Waals surface area contributed by atoms with Crippen LogP contribution in [0.5, 0.6) is 5.75 Å². The summed E-state index contributed by atoms with van der Waals surface area (Å²) in [5.41, 5.74) is 4.96. The summed E-state index contributed by atoms with van der Waals surface area (Å²) in [4.78, 5) is 0. The molecule has 1 heterocycles. The lowest BCUT2D eigenvalue weighted by Crippen LogP contribution is -1.99. The monoisotopic (exact) mass is 264 g/mol. The fourth-order valence-corrected chi connectivity index (χ4v) is 2.31. The lowest BCUT2D eigenvalue weighted by Gasteiger charge is -2.10. The van der Waals surface area contributed by atoms with Gasteiger partial charge in [0, 0.05) is 5.56 Å². The first kappa shape index (κ1) is 12.5. The van der Waals surface area contributed by atoms with Crippen molar-refractivity contribution in [3.05, 3.63) is 65.9 Å². The summed E-state index contributed by atoms with van der Waals surface area (Å²) in [6.45, 7) is 4.08. The van der Waals surface area contributed by atoms with E-state index in [1.807, 2.05) is 62.4 Å². The van der Waals surface area contributed by atoms with E-state index in [-0.39, 0.29) is 5.75 Å². The summed E-state index contributed by atoms with van der Waals surface area (Å²) in [6.07, 6.45) is 1.49. The first-order valence-electron chi connectivity index (χ1n) is 6.57. The van der Waals surface area contributed by atoms with Crippen LogP contribution in [0.2, 0.25) is 0 Å². The van der Waals surface area contributed by atoms with E-state index in [4.69, 9.17) is 0 Å². The van der Waals surface area contributed by atoms with Gasteiger partial charge in [0.1, 0.15) is 5.69 Å². The van der Waals surface area contributed by atoms with Gasteiger partial charge in [0.25, 0.3) is 0 Å². The predicted molar refractivity (Wildman–Crippen MR) is 80.1 cm³/mol. The van der Waals surface area contributed by atoms with Crippen LogP contribution in [0.4, 0.5) is 0 Å². The summed E-state index contributed by atoms with van der Waals surface area (Å²) in [5.74, 6) is 0.194. The number of aromatic hydroxyl groups is 1. The number of hydrogen-bond donors (Lipinski definition) is 1. The highest BCUT2D eigenvalue weighted by molar-refractivity contribution is 5.71. The van der Waals surface area contributed by atoms with Crippen LogP contribution in [0.1, 0.15) is 11.1 Å². The lowest BCUT2D eigenvalue weighted by atomic mass is 10.1. The Morgan fingerprint density at radius 3 is 2.35 bits per heavy atom. The van der Waals surface area contributed by atoms with E-state index in [0.29, 0.717) is 0 Å². The van der Waals surface area contributed by atoms with Crippen molar-refractivity contribution in [1.82, 2.24) is 9.78 Å². The second-order valence-corrected chi connectivity index (χ2v) is 4.94. The highest BCUT2D eigenvalue weighted by Gasteiger charge is 2.15. The van der Waals surface area contributed by atoms with Crippen LogP contribution in [-0.2, 0) is 0 Å². The Hall–Kier alpha value is -2.55. The minimum Gasteiger partial charge on any atom is -0.504 e. The predicted octanol–water partition coefficient (Wildman–Crippen LogP) is 3.86. The summed E-state index contributed by atoms with van der Waals surface area (Å²) < 4.78 is 1.77. The van der Waals surface area contributed by atoms with Crippen LogP contribution >= 0.6 is 0 Å². The Labute approximate surface area is 118 Å². The van der Waals surface area contributed by atoms with Gasteiger partial charge in [0.05, 0.1) is 11.9 Å². The Morgan fingerprint density at radius 2 is 1.65 bits per heavy atom. The molecule has 1 N–H and O–H groups in total. The van der Waals surface area contributed by atoms with Gasteiger partial charge in [-0.05, 0) is 31.5 Å². The normalized spacial score (nSPS) is 10.7. The second kappa shape index (κ2) is 4.85. The highest BCUT2D eigenvalue weighted by atomic mass is 16.3. The molecule has 20 heavy (non-hydrogen) atoms. The Bertz CT molecular complexity index is 742. The van der Waals surface area contributed by atoms with E-state index in [0.717, 1.165) is 22.5 Å². The van der Waals surface area contributed by atoms with Gasteiger partial charge in [-0.25, -0.2) is 4.68 Å². The Balaban J connectivity index is 2.20. The molecule has 1 aromatic heterocycles. The molecule has 0 radical (unpaired) electrons. The molecule has 2 aromatic carbocycles. The molecule has 0 aliphatic carbocycles. The number of aromatic nitrogens is 2. The molecule has 0 amide bonds. The molecule has 3 rings (SSSR count). The van der Waals surface area contributed by atoms with Gasteiger partial charge < -0.3 is 5.11 Å². The SMILES string of the molecule is Cc1ccc(-n2ncc(O)c2-c2ccccc2C)cc1. The number of aryl methyl sites for hydroxylation is 2. The molecule has 3 nitrogen and oxygen atoms in total. The van der Waals surface area contributed by atoms with Crippen LogP contribution in [0, 0.1) is 13.8 Å². The summed E-state index contributed by atoms with van der Waals surface area (Å²) in [6, 6.07) is 16.1. The van der Waals surface area contributed by atoms with E-state index in [1.54, 1.807) is 4.68 Å². The molecular formula is C17H16N2O. The van der Waals surface area contributed by atoms with Gasteiger partial charge in [-0.2, -0.15) is 5.10 Å². The number of hydrogen-bond acceptors (Lipinski definition) is 2. The van der Waals surface area contributed by atoms with Gasteiger partial charge in [0.15, 0.2) is 5.75 Å². The summed E-state index contributed by atoms with van der Waals surface area (Å²) in [7, 11) is 0. The summed E-state index contributed by atoms with van der Waals surface area (Å²) in [5, 5.41) is 14.4. The van der Waals surface area contributed by atoms with Crippen LogP contribution in [0.15, 0.2) is 54.7 Å². The van der Waals surface area contributed by atoms with E-state index in [1.165, 1.54) is 11.8 Å². The minimum absolute atomic E-state index is 0.194. The van der Waals surface area contributed by atoms with Crippen molar-refractivity contribution in [3.8, 4) is 22.7 Å². The molecule has 0 saturated heterocycles. The van der Waals surface area contributed by atoms with Crippen molar-refractivity contribution in [2.75, 3.05) is 0 Å². The van der Waals surface area contributed by atoms with Gasteiger partial charge in [-0.1, -0.05) is 42.0 Å². The minimum atomic E-state index is 0.194. The van der Waals surface area contributed by atoms with Crippen molar-refractivity contribution in [1.29, 1.82) is 0 Å². The average molecular weight is 264 g/mol. The lowest BCUT2D eigenvalue weighted by molar-refractivity contribution is 0.477. The molecule has 0 spiro atoms. The molecule has 0 atom stereocenters. The maximum Gasteiger partial charge on any atom is 0.162 e. The maximum absolute atomic E-state index is 10.1. The number of rotatable bonds is 2. The zero-order valence-corrected chi connectivity index (χ0v) is 11.5. The third-order valence-electron chi connectivity index (χ3n) is 3.43. The molecule has 0 aliphatic heterocycles. The van der Waals surface area contributed by atoms with Crippen molar-refractivity contribution < 1.29 is 5.11 Å². The average Bonchev–Trinajstić information content (AvgIpc) is 2.82. The smallest absolute Gasteiger partial charge is 0.162 e. The number of nitrogens with zero attached hydrogens (tertiary/aromatic N) is 2. The second-order valence-electron chi connectivity index (χ2n) is 4.94. The van der Waals surface area contributed by atoms with Crippen LogP contribution < -0.4 is 0 Å². The topological polar surface area (TPSA) is 38.0 Å². The van der Waals surface area contributed by atoms with Crippen molar-refractivity contribution in [2.24, 2.45) is 0 Å². The highest BCUT2D eigenvalue weighted by Crippen LogP contribution is 2.33. The van der Waals surface area contributed by atoms with Crippen molar-refractivity contribution >= 4 is 0 Å². The van der Waals surface area contributed by atoms with E-state index in [9.17, 15) is 5.11 Å². The maximum atomic E-state index is 10.1. The first-order valence-corrected chi connectivity index (χ1v) is 6.57. The molecule has 0 fully saturated rings. The van der Waals surface area contributed by atoms with Crippen molar-refractivity contribution in [3.63, 3.8) is 0 Å². The zero-order chi connectivity index (χ0) is 14.1. The number of benzene rings is 2. The fourth-order valence-electron chi connectivity index (χ4n) is 2.31.